The van der Waals surface area contributed by atoms with Crippen molar-refractivity contribution in [2.45, 2.75) is 11.3 Å². The van der Waals surface area contributed by atoms with E-state index in [0.717, 1.165) is 0 Å². The lowest BCUT2D eigenvalue weighted by atomic mass is 10.3. The molecule has 1 aromatic carbocycles. The third-order valence-corrected chi connectivity index (χ3v) is 4.41. The van der Waals surface area contributed by atoms with Gasteiger partial charge in [0.2, 0.25) is 10.0 Å². The first-order chi connectivity index (χ1) is 9.94. The van der Waals surface area contributed by atoms with Gasteiger partial charge >= 0.3 is 0 Å². The van der Waals surface area contributed by atoms with Crippen LogP contribution in [-0.4, -0.2) is 36.8 Å². The fourth-order valence-electron chi connectivity index (χ4n) is 1.81. The highest BCUT2D eigenvalue weighted by Crippen LogP contribution is 2.25. The summed E-state index contributed by atoms with van der Waals surface area (Å²) in [5.41, 5.74) is 5.99. The summed E-state index contributed by atoms with van der Waals surface area (Å²) in [5, 5.41) is 7.62. The minimum absolute atomic E-state index is 0.0166. The molecule has 2 aromatic rings. The van der Waals surface area contributed by atoms with E-state index in [1.54, 1.807) is 24.0 Å². The van der Waals surface area contributed by atoms with Crippen LogP contribution in [0, 0.1) is 0 Å². The normalized spacial score (nSPS) is 11.5. The average molecular weight is 311 g/mol. The van der Waals surface area contributed by atoms with Gasteiger partial charge < -0.3 is 15.0 Å². The quantitative estimate of drug-likeness (QED) is 0.722. The Morgan fingerprint density at radius 1 is 1.43 bits per heavy atom. The fraction of sp³-hybridized carbons (Fsp3) is 0.333. The smallest absolute Gasteiger partial charge is 0.244 e. The van der Waals surface area contributed by atoms with Crippen LogP contribution in [0.3, 0.4) is 0 Å². The molecule has 1 aromatic heterocycles. The summed E-state index contributed by atoms with van der Waals surface area (Å²) < 4.78 is 33.9. The van der Waals surface area contributed by atoms with E-state index in [4.69, 9.17) is 10.5 Å². The molecule has 9 heteroatoms. The number of rotatable bonds is 6. The largest absolute Gasteiger partial charge is 0.495 e. The summed E-state index contributed by atoms with van der Waals surface area (Å²) in [5.74, 6) is 0.938. The lowest BCUT2D eigenvalue weighted by Crippen LogP contribution is -2.27. The van der Waals surface area contributed by atoms with Crippen LogP contribution in [0.15, 0.2) is 29.4 Å². The van der Waals surface area contributed by atoms with Crippen LogP contribution >= 0.6 is 0 Å². The van der Waals surface area contributed by atoms with Gasteiger partial charge in [0, 0.05) is 25.7 Å². The van der Waals surface area contributed by atoms with Crippen LogP contribution in [-0.2, 0) is 23.5 Å². The van der Waals surface area contributed by atoms with Gasteiger partial charge in [-0.3, -0.25) is 0 Å². The van der Waals surface area contributed by atoms with Gasteiger partial charge in [0.15, 0.2) is 0 Å². The number of aryl methyl sites for hydroxylation is 1. The molecule has 0 atom stereocenters. The van der Waals surface area contributed by atoms with Crippen molar-refractivity contribution < 1.29 is 13.2 Å². The first-order valence-electron chi connectivity index (χ1n) is 6.20. The highest BCUT2D eigenvalue weighted by atomic mass is 32.2. The number of hydrogen-bond donors (Lipinski definition) is 2. The summed E-state index contributed by atoms with van der Waals surface area (Å²) >= 11 is 0. The number of ether oxygens (including phenoxy) is 1. The molecule has 3 N–H and O–H groups in total. The van der Waals surface area contributed by atoms with Crippen LogP contribution in [0.1, 0.15) is 5.82 Å². The van der Waals surface area contributed by atoms with Crippen molar-refractivity contribution in [1.82, 2.24) is 19.5 Å². The van der Waals surface area contributed by atoms with Gasteiger partial charge in [-0.2, -0.15) is 0 Å². The molecule has 0 fully saturated rings. The Bertz CT molecular complexity index is 726. The summed E-state index contributed by atoms with van der Waals surface area (Å²) in [6.45, 7) is 0.201. The second-order valence-electron chi connectivity index (χ2n) is 4.42. The van der Waals surface area contributed by atoms with Gasteiger partial charge in [0.25, 0.3) is 0 Å². The predicted molar refractivity (Wildman–Crippen MR) is 77.3 cm³/mol. The van der Waals surface area contributed by atoms with Crippen LogP contribution < -0.4 is 15.2 Å². The third-order valence-electron chi connectivity index (χ3n) is 2.92. The lowest BCUT2D eigenvalue weighted by Gasteiger charge is -2.11. The predicted octanol–water partition coefficient (Wildman–Crippen LogP) is -0.0731. The molecule has 0 bridgehead atoms. The lowest BCUT2D eigenvalue weighted by molar-refractivity contribution is 0.402. The number of hydrogen-bond acceptors (Lipinski definition) is 6. The Hall–Kier alpha value is -2.13. The number of anilines is 1. The van der Waals surface area contributed by atoms with Crippen LogP contribution in [0.25, 0.3) is 0 Å². The van der Waals surface area contributed by atoms with E-state index in [9.17, 15) is 8.42 Å². The summed E-state index contributed by atoms with van der Waals surface area (Å²) in [7, 11) is -0.501. The Morgan fingerprint density at radius 3 is 2.81 bits per heavy atom. The van der Waals surface area contributed by atoms with E-state index < -0.39 is 10.0 Å². The Balaban J connectivity index is 2.12. The molecular formula is C12H17N5O3S. The highest BCUT2D eigenvalue weighted by molar-refractivity contribution is 7.89. The molecule has 0 aliphatic carbocycles. The van der Waals surface area contributed by atoms with E-state index in [-0.39, 0.29) is 17.2 Å². The first-order valence-corrected chi connectivity index (χ1v) is 7.68. The monoisotopic (exact) mass is 311 g/mol. The highest BCUT2D eigenvalue weighted by Gasteiger charge is 2.19. The standard InChI is InChI=1S/C12H17N5O3S/c1-17-8-14-16-12(17)5-6-15-21(18,19)11-7-9(13)3-4-10(11)20-2/h3-4,7-8,15H,5-6,13H2,1-2H3. The zero-order valence-electron chi connectivity index (χ0n) is 11.8. The number of aromatic nitrogens is 3. The van der Waals surface area contributed by atoms with Crippen molar-refractivity contribution in [3.05, 3.63) is 30.4 Å². The maximum absolute atomic E-state index is 12.3. The van der Waals surface area contributed by atoms with Crippen LogP contribution in [0.2, 0.25) is 0 Å². The second kappa shape index (κ2) is 6.10. The maximum atomic E-state index is 12.3. The molecular weight excluding hydrogens is 294 g/mol. The molecule has 1 heterocycles. The number of benzene rings is 1. The van der Waals surface area contributed by atoms with Gasteiger partial charge in [-0.15, -0.1) is 10.2 Å². The van der Waals surface area contributed by atoms with Gasteiger partial charge in [-0.25, -0.2) is 13.1 Å². The van der Waals surface area contributed by atoms with E-state index in [1.165, 1.54) is 19.2 Å². The molecule has 0 aliphatic heterocycles. The van der Waals surface area contributed by atoms with Crippen LogP contribution in [0.5, 0.6) is 5.75 Å². The molecule has 2 rings (SSSR count). The zero-order chi connectivity index (χ0) is 15.5. The van der Waals surface area contributed by atoms with Crippen molar-refractivity contribution in [2.24, 2.45) is 7.05 Å². The van der Waals surface area contributed by atoms with E-state index in [0.29, 0.717) is 17.9 Å². The van der Waals surface area contributed by atoms with Gasteiger partial charge in [-0.1, -0.05) is 0 Å². The molecule has 21 heavy (non-hydrogen) atoms. The molecule has 0 amide bonds. The molecule has 0 saturated carbocycles. The third kappa shape index (κ3) is 3.50. The molecule has 114 valence electrons. The second-order valence-corrected chi connectivity index (χ2v) is 6.15. The van der Waals surface area contributed by atoms with Crippen molar-refractivity contribution in [3.63, 3.8) is 0 Å². The van der Waals surface area contributed by atoms with E-state index in [2.05, 4.69) is 14.9 Å². The number of nitrogens with zero attached hydrogens (tertiary/aromatic N) is 3. The number of nitrogens with two attached hydrogens (primary N) is 1. The van der Waals surface area contributed by atoms with Gasteiger partial charge in [0.05, 0.1) is 7.11 Å². The molecule has 8 nitrogen and oxygen atoms in total. The van der Waals surface area contributed by atoms with Crippen molar-refractivity contribution in [3.8, 4) is 5.75 Å². The van der Waals surface area contributed by atoms with Crippen molar-refractivity contribution >= 4 is 15.7 Å². The maximum Gasteiger partial charge on any atom is 0.244 e. The number of nitrogens with one attached hydrogen (secondary N) is 1. The zero-order valence-corrected chi connectivity index (χ0v) is 12.6. The summed E-state index contributed by atoms with van der Waals surface area (Å²) in [6, 6.07) is 4.47. The fourth-order valence-corrected chi connectivity index (χ4v) is 3.05. The van der Waals surface area contributed by atoms with Gasteiger partial charge in [0.1, 0.15) is 22.8 Å². The van der Waals surface area contributed by atoms with E-state index >= 15 is 0 Å². The molecule has 0 unspecified atom stereocenters. The van der Waals surface area contributed by atoms with Crippen molar-refractivity contribution in [1.29, 1.82) is 0 Å². The number of nitrogen functional groups attached to an aromatic ring is 1. The van der Waals surface area contributed by atoms with Crippen LogP contribution in [0.4, 0.5) is 5.69 Å². The summed E-state index contributed by atoms with van der Waals surface area (Å²) in [4.78, 5) is 0.0166. The average Bonchev–Trinajstić information content (AvgIpc) is 2.84. The van der Waals surface area contributed by atoms with E-state index in [1.807, 2.05) is 0 Å². The molecule has 0 radical (unpaired) electrons. The summed E-state index contributed by atoms with van der Waals surface area (Å²) in [6.07, 6.45) is 1.99. The molecule has 0 saturated heterocycles. The topological polar surface area (TPSA) is 112 Å². The number of methoxy groups -OCH3 is 1. The Kier molecular flexibility index (Phi) is 4.43. The Labute approximate surface area is 123 Å². The molecule has 0 aliphatic rings. The first kappa shape index (κ1) is 15.3. The van der Waals surface area contributed by atoms with Crippen molar-refractivity contribution in [2.75, 3.05) is 19.4 Å². The van der Waals surface area contributed by atoms with Gasteiger partial charge in [-0.05, 0) is 18.2 Å². The number of sulfonamides is 1. The SMILES string of the molecule is COc1ccc(N)cc1S(=O)(=O)NCCc1nncn1C. The minimum atomic E-state index is -3.70. The Morgan fingerprint density at radius 2 is 2.19 bits per heavy atom. The molecule has 0 spiro atoms. The minimum Gasteiger partial charge on any atom is -0.495 e.